The van der Waals surface area contributed by atoms with Crippen LogP contribution in [0.15, 0.2) is 12.5 Å². The van der Waals surface area contributed by atoms with E-state index in [2.05, 4.69) is 25.8 Å². The third-order valence-corrected chi connectivity index (χ3v) is 4.48. The molecular weight excluding hydrogens is 264 g/mol. The van der Waals surface area contributed by atoms with E-state index >= 15 is 0 Å². The number of nitrogens with zero attached hydrogens (tertiary/aromatic N) is 3. The number of imidazole rings is 1. The molecule has 2 N–H and O–H groups in total. The quantitative estimate of drug-likeness (QED) is 0.928. The molecule has 5 heteroatoms. The molecule has 0 aromatic carbocycles. The number of nitrogens with two attached hydrogens (primary N) is 1. The van der Waals surface area contributed by atoms with Crippen LogP contribution in [0.5, 0.6) is 0 Å². The van der Waals surface area contributed by atoms with Crippen molar-refractivity contribution in [3.63, 3.8) is 0 Å². The molecule has 1 aromatic rings. The molecule has 1 unspecified atom stereocenters. The van der Waals surface area contributed by atoms with Gasteiger partial charge in [-0.2, -0.15) is 0 Å². The summed E-state index contributed by atoms with van der Waals surface area (Å²) in [6.07, 6.45) is 6.86. The van der Waals surface area contributed by atoms with E-state index < -0.39 is 0 Å². The van der Waals surface area contributed by atoms with Crippen molar-refractivity contribution in [3.05, 3.63) is 18.2 Å². The maximum absolute atomic E-state index is 12.5. The standard InChI is InChI=1S/C16H28N4O/c1-16(2,3)13-5-4-8-20(9-6-13)15(21)14-11-19(10-7-17)12-18-14/h11-13H,4-10,17H2,1-3H3. The highest BCUT2D eigenvalue weighted by molar-refractivity contribution is 5.92. The summed E-state index contributed by atoms with van der Waals surface area (Å²) in [4.78, 5) is 18.7. The molecule has 0 spiro atoms. The van der Waals surface area contributed by atoms with Crippen molar-refractivity contribution in [2.75, 3.05) is 19.6 Å². The SMILES string of the molecule is CC(C)(C)C1CCCN(C(=O)c2cn(CCN)cn2)CC1. The fourth-order valence-corrected chi connectivity index (χ4v) is 3.07. The highest BCUT2D eigenvalue weighted by atomic mass is 16.2. The molecule has 2 rings (SSSR count). The maximum Gasteiger partial charge on any atom is 0.274 e. The van der Waals surface area contributed by atoms with Crippen molar-refractivity contribution in [1.29, 1.82) is 0 Å². The Morgan fingerprint density at radius 1 is 1.38 bits per heavy atom. The van der Waals surface area contributed by atoms with Crippen LogP contribution in [0.25, 0.3) is 0 Å². The zero-order valence-electron chi connectivity index (χ0n) is 13.5. The number of hydrogen-bond donors (Lipinski definition) is 1. The number of rotatable bonds is 3. The normalized spacial score (nSPS) is 20.4. The van der Waals surface area contributed by atoms with Crippen molar-refractivity contribution < 1.29 is 4.79 Å². The van der Waals surface area contributed by atoms with Crippen LogP contribution in [0.2, 0.25) is 0 Å². The third-order valence-electron chi connectivity index (χ3n) is 4.48. The average molecular weight is 292 g/mol. The molecule has 2 heterocycles. The summed E-state index contributed by atoms with van der Waals surface area (Å²) in [5, 5.41) is 0. The lowest BCUT2D eigenvalue weighted by Gasteiger charge is -2.29. The van der Waals surface area contributed by atoms with Crippen LogP contribution in [0.1, 0.15) is 50.5 Å². The van der Waals surface area contributed by atoms with Crippen molar-refractivity contribution >= 4 is 5.91 Å². The molecular formula is C16H28N4O. The van der Waals surface area contributed by atoms with Gasteiger partial charge in [-0.25, -0.2) is 4.98 Å². The monoisotopic (exact) mass is 292 g/mol. The number of amides is 1. The van der Waals surface area contributed by atoms with Gasteiger partial charge in [0.25, 0.3) is 5.91 Å². The zero-order chi connectivity index (χ0) is 15.5. The molecule has 1 aromatic heterocycles. The number of hydrogen-bond acceptors (Lipinski definition) is 3. The predicted octanol–water partition coefficient (Wildman–Crippen LogP) is 2.13. The van der Waals surface area contributed by atoms with Gasteiger partial charge in [-0.3, -0.25) is 4.79 Å². The predicted molar refractivity (Wildman–Crippen MR) is 84.0 cm³/mol. The van der Waals surface area contributed by atoms with Crippen LogP contribution >= 0.6 is 0 Å². The molecule has 1 amide bonds. The highest BCUT2D eigenvalue weighted by Gasteiger charge is 2.29. The van der Waals surface area contributed by atoms with Crippen LogP contribution in [0.4, 0.5) is 0 Å². The Morgan fingerprint density at radius 3 is 2.81 bits per heavy atom. The Balaban J connectivity index is 1.99. The molecule has 118 valence electrons. The fraction of sp³-hybridized carbons (Fsp3) is 0.750. The lowest BCUT2D eigenvalue weighted by molar-refractivity contribution is 0.0750. The Hall–Kier alpha value is -1.36. The van der Waals surface area contributed by atoms with Gasteiger partial charge >= 0.3 is 0 Å². The van der Waals surface area contributed by atoms with Gasteiger partial charge in [0.1, 0.15) is 5.69 Å². The summed E-state index contributed by atoms with van der Waals surface area (Å²) < 4.78 is 1.88. The second-order valence-electron chi connectivity index (χ2n) is 7.07. The summed E-state index contributed by atoms with van der Waals surface area (Å²) in [5.74, 6) is 0.741. The second kappa shape index (κ2) is 6.60. The zero-order valence-corrected chi connectivity index (χ0v) is 13.5. The van der Waals surface area contributed by atoms with Gasteiger partial charge in [-0.05, 0) is 30.6 Å². The van der Waals surface area contributed by atoms with Gasteiger partial charge in [0.05, 0.1) is 6.33 Å². The minimum Gasteiger partial charge on any atom is -0.337 e. The van der Waals surface area contributed by atoms with Gasteiger partial charge in [-0.15, -0.1) is 0 Å². The van der Waals surface area contributed by atoms with Crippen LogP contribution < -0.4 is 5.73 Å². The minimum absolute atomic E-state index is 0.0559. The maximum atomic E-state index is 12.5. The molecule has 1 fully saturated rings. The van der Waals surface area contributed by atoms with Gasteiger partial charge < -0.3 is 15.2 Å². The smallest absolute Gasteiger partial charge is 0.274 e. The molecule has 21 heavy (non-hydrogen) atoms. The third kappa shape index (κ3) is 4.06. The van der Waals surface area contributed by atoms with E-state index in [4.69, 9.17) is 5.73 Å². The van der Waals surface area contributed by atoms with E-state index in [1.807, 2.05) is 9.47 Å². The largest absolute Gasteiger partial charge is 0.337 e. The van der Waals surface area contributed by atoms with Crippen molar-refractivity contribution in [2.45, 2.75) is 46.6 Å². The topological polar surface area (TPSA) is 64.2 Å². The Kier molecular flexibility index (Phi) is 5.04. The van der Waals surface area contributed by atoms with E-state index in [0.717, 1.165) is 25.9 Å². The molecule has 5 nitrogen and oxygen atoms in total. The van der Waals surface area contributed by atoms with Crippen molar-refractivity contribution in [1.82, 2.24) is 14.5 Å². The first-order chi connectivity index (χ1) is 9.91. The molecule has 1 aliphatic rings. The highest BCUT2D eigenvalue weighted by Crippen LogP contribution is 2.34. The molecule has 1 aliphatic heterocycles. The number of aromatic nitrogens is 2. The average Bonchev–Trinajstić information content (AvgIpc) is 2.72. The summed E-state index contributed by atoms with van der Waals surface area (Å²) >= 11 is 0. The summed E-state index contributed by atoms with van der Waals surface area (Å²) in [6.45, 7) is 9.82. The summed E-state index contributed by atoms with van der Waals surface area (Å²) in [7, 11) is 0. The molecule has 1 saturated heterocycles. The van der Waals surface area contributed by atoms with E-state index in [1.165, 1.54) is 6.42 Å². The van der Waals surface area contributed by atoms with Gasteiger partial charge in [0, 0.05) is 32.4 Å². The van der Waals surface area contributed by atoms with Gasteiger partial charge in [0.2, 0.25) is 0 Å². The van der Waals surface area contributed by atoms with E-state index in [9.17, 15) is 4.79 Å². The second-order valence-corrected chi connectivity index (χ2v) is 7.07. The van der Waals surface area contributed by atoms with E-state index in [0.29, 0.717) is 30.1 Å². The Morgan fingerprint density at radius 2 is 2.14 bits per heavy atom. The molecule has 0 radical (unpaired) electrons. The Bertz CT molecular complexity index is 475. The number of carbonyl (C=O) groups excluding carboxylic acids is 1. The first-order valence-electron chi connectivity index (χ1n) is 7.93. The van der Waals surface area contributed by atoms with Gasteiger partial charge in [0.15, 0.2) is 0 Å². The van der Waals surface area contributed by atoms with Gasteiger partial charge in [-0.1, -0.05) is 20.8 Å². The molecule has 0 bridgehead atoms. The minimum atomic E-state index is 0.0559. The summed E-state index contributed by atoms with van der Waals surface area (Å²) in [6, 6.07) is 0. The molecule has 1 atom stereocenters. The Labute approximate surface area is 127 Å². The van der Waals surface area contributed by atoms with Crippen LogP contribution in [0.3, 0.4) is 0 Å². The van der Waals surface area contributed by atoms with E-state index in [-0.39, 0.29) is 5.91 Å². The van der Waals surface area contributed by atoms with Crippen molar-refractivity contribution in [3.8, 4) is 0 Å². The van der Waals surface area contributed by atoms with Crippen molar-refractivity contribution in [2.24, 2.45) is 17.1 Å². The number of likely N-dealkylation sites (tertiary alicyclic amines) is 1. The lowest BCUT2D eigenvalue weighted by atomic mass is 9.77. The number of carbonyl (C=O) groups is 1. The molecule has 0 aliphatic carbocycles. The van der Waals surface area contributed by atoms with Crippen LogP contribution in [-0.2, 0) is 6.54 Å². The lowest BCUT2D eigenvalue weighted by Crippen LogP contribution is -2.32. The molecule has 0 saturated carbocycles. The van der Waals surface area contributed by atoms with E-state index in [1.54, 1.807) is 12.5 Å². The van der Waals surface area contributed by atoms with Crippen LogP contribution in [-0.4, -0.2) is 40.0 Å². The fourth-order valence-electron chi connectivity index (χ4n) is 3.07. The first-order valence-corrected chi connectivity index (χ1v) is 7.93. The van der Waals surface area contributed by atoms with Crippen LogP contribution in [0, 0.1) is 11.3 Å². The summed E-state index contributed by atoms with van der Waals surface area (Å²) in [5.41, 5.74) is 6.38. The first kappa shape index (κ1) is 16.0.